The fraction of sp³-hybridized carbons (Fsp3) is 0.531. The van der Waals surface area contributed by atoms with Crippen molar-refractivity contribution in [1.29, 1.82) is 0 Å². The number of likely N-dealkylation sites (tertiary alicyclic amines) is 2. The van der Waals surface area contributed by atoms with Crippen molar-refractivity contribution in [1.82, 2.24) is 14.7 Å². The molecule has 2 fully saturated rings. The zero-order valence-corrected chi connectivity index (χ0v) is 25.6. The second kappa shape index (κ2) is 13.6. The number of halogens is 7. The predicted molar refractivity (Wildman–Crippen MR) is 152 cm³/mol. The molecule has 252 valence electrons. The van der Waals surface area contributed by atoms with Gasteiger partial charge in [0.1, 0.15) is 11.9 Å². The normalized spacial score (nSPS) is 20.4. The minimum atomic E-state index is -5.04. The number of hydrogen-bond donors (Lipinski definition) is 1. The predicted octanol–water partition coefficient (Wildman–Crippen LogP) is 5.38. The first-order chi connectivity index (χ1) is 21.4. The van der Waals surface area contributed by atoms with Crippen LogP contribution in [0.5, 0.6) is 0 Å². The molecular formula is C32H36F7N3O4. The number of piperidine rings is 2. The second-order valence-electron chi connectivity index (χ2n) is 12.2. The third-order valence-electron chi connectivity index (χ3n) is 8.83. The average Bonchev–Trinajstić information content (AvgIpc) is 2.98. The summed E-state index contributed by atoms with van der Waals surface area (Å²) >= 11 is 0. The van der Waals surface area contributed by atoms with Crippen LogP contribution in [-0.2, 0) is 33.3 Å². The Morgan fingerprint density at radius 2 is 1.48 bits per heavy atom. The first kappa shape index (κ1) is 35.2. The van der Waals surface area contributed by atoms with Crippen LogP contribution in [0, 0.1) is 24.6 Å². The number of aliphatic hydroxyl groups excluding tert-OH is 1. The molecule has 3 atom stereocenters. The number of aliphatic hydroxyl groups is 1. The number of amides is 3. The minimum absolute atomic E-state index is 0.0280. The molecule has 4 rings (SSSR count). The molecule has 2 heterocycles. The lowest BCUT2D eigenvalue weighted by atomic mass is 9.77. The topological polar surface area (TPSA) is 81.2 Å². The molecule has 2 saturated heterocycles. The van der Waals surface area contributed by atoms with Gasteiger partial charge < -0.3 is 19.8 Å². The van der Waals surface area contributed by atoms with Gasteiger partial charge in [0.2, 0.25) is 11.8 Å². The Balaban J connectivity index is 1.56. The van der Waals surface area contributed by atoms with Crippen LogP contribution in [0.1, 0.15) is 59.9 Å². The van der Waals surface area contributed by atoms with Crippen molar-refractivity contribution in [3.05, 3.63) is 70.0 Å². The van der Waals surface area contributed by atoms with E-state index < -0.39 is 71.5 Å². The Morgan fingerprint density at radius 1 is 0.913 bits per heavy atom. The van der Waals surface area contributed by atoms with Crippen LogP contribution >= 0.6 is 0 Å². The summed E-state index contributed by atoms with van der Waals surface area (Å²) in [5.74, 6) is -3.44. The summed E-state index contributed by atoms with van der Waals surface area (Å²) in [6.45, 7) is 3.36. The van der Waals surface area contributed by atoms with Gasteiger partial charge in [0.25, 0.3) is 5.91 Å². The van der Waals surface area contributed by atoms with E-state index >= 15 is 0 Å². The Labute approximate surface area is 261 Å². The van der Waals surface area contributed by atoms with Crippen molar-refractivity contribution < 1.29 is 50.2 Å². The highest BCUT2D eigenvalue weighted by Crippen LogP contribution is 2.39. The molecular weight excluding hydrogens is 623 g/mol. The van der Waals surface area contributed by atoms with Gasteiger partial charge in [-0.15, -0.1) is 0 Å². The number of carbonyl (C=O) groups is 3. The molecule has 0 aromatic heterocycles. The Bertz CT molecular complexity index is 1420. The summed E-state index contributed by atoms with van der Waals surface area (Å²) in [6, 6.07) is 5.23. The zero-order valence-electron chi connectivity index (χ0n) is 25.6. The summed E-state index contributed by atoms with van der Waals surface area (Å²) in [4.78, 5) is 43.7. The number of rotatable bonds is 6. The summed E-state index contributed by atoms with van der Waals surface area (Å²) in [5.41, 5.74) is -2.18. The first-order valence-electron chi connectivity index (χ1n) is 14.9. The lowest BCUT2D eigenvalue weighted by Crippen LogP contribution is -2.51. The highest BCUT2D eigenvalue weighted by molar-refractivity contribution is 5.83. The van der Waals surface area contributed by atoms with Gasteiger partial charge in [0.15, 0.2) is 0 Å². The molecule has 0 saturated carbocycles. The van der Waals surface area contributed by atoms with Crippen molar-refractivity contribution in [3.63, 3.8) is 0 Å². The van der Waals surface area contributed by atoms with Gasteiger partial charge in [-0.3, -0.25) is 14.4 Å². The largest absolute Gasteiger partial charge is 0.416 e. The number of aryl methyl sites for hydroxylation is 1. The van der Waals surface area contributed by atoms with Crippen molar-refractivity contribution in [2.45, 2.75) is 64.0 Å². The highest BCUT2D eigenvalue weighted by Gasteiger charge is 2.41. The maximum atomic E-state index is 14.0. The lowest BCUT2D eigenvalue weighted by Gasteiger charge is -2.42. The maximum absolute atomic E-state index is 14.0. The number of alkyl halides is 6. The third kappa shape index (κ3) is 7.99. The van der Waals surface area contributed by atoms with Crippen molar-refractivity contribution in [3.8, 4) is 0 Å². The van der Waals surface area contributed by atoms with Gasteiger partial charge >= 0.3 is 12.4 Å². The SMILES string of the molecule is Cc1cc(F)ccc1C1CN(C(=O)C2CCN(C(=O)C(C)O)CC2)CCC1C(=O)N(C)Cc1cc(C(F)(F)F)cc(C(F)(F)F)c1. The van der Waals surface area contributed by atoms with Gasteiger partial charge in [-0.25, -0.2) is 4.39 Å². The van der Waals surface area contributed by atoms with E-state index in [1.807, 2.05) is 0 Å². The molecule has 0 radical (unpaired) electrons. The highest BCUT2D eigenvalue weighted by atomic mass is 19.4. The van der Waals surface area contributed by atoms with Crippen molar-refractivity contribution in [2.75, 3.05) is 33.2 Å². The van der Waals surface area contributed by atoms with Crippen molar-refractivity contribution >= 4 is 17.7 Å². The smallest absolute Gasteiger partial charge is 0.384 e. The van der Waals surface area contributed by atoms with Gasteiger partial charge in [0.05, 0.1) is 11.1 Å². The third-order valence-corrected chi connectivity index (χ3v) is 8.83. The van der Waals surface area contributed by atoms with Crippen LogP contribution in [0.25, 0.3) is 0 Å². The van der Waals surface area contributed by atoms with Crippen LogP contribution in [-0.4, -0.2) is 76.9 Å². The van der Waals surface area contributed by atoms with E-state index in [0.717, 1.165) is 4.90 Å². The number of nitrogens with zero attached hydrogens (tertiary/aromatic N) is 3. The van der Waals surface area contributed by atoms with Crippen molar-refractivity contribution in [2.24, 2.45) is 11.8 Å². The van der Waals surface area contributed by atoms with E-state index in [1.165, 1.54) is 37.1 Å². The molecule has 2 aromatic rings. The fourth-order valence-electron chi connectivity index (χ4n) is 6.43. The van der Waals surface area contributed by atoms with Crippen LogP contribution < -0.4 is 0 Å². The fourth-order valence-corrected chi connectivity index (χ4v) is 6.43. The first-order valence-corrected chi connectivity index (χ1v) is 14.9. The maximum Gasteiger partial charge on any atom is 0.416 e. The number of hydrogen-bond acceptors (Lipinski definition) is 4. The van der Waals surface area contributed by atoms with Gasteiger partial charge in [0, 0.05) is 57.5 Å². The van der Waals surface area contributed by atoms with E-state index in [4.69, 9.17) is 0 Å². The summed E-state index contributed by atoms with van der Waals surface area (Å²) < 4.78 is 94.5. The molecule has 0 aliphatic carbocycles. The second-order valence-corrected chi connectivity index (χ2v) is 12.2. The number of benzene rings is 2. The Hall–Kier alpha value is -3.68. The Morgan fingerprint density at radius 3 is 2.00 bits per heavy atom. The molecule has 0 bridgehead atoms. The molecule has 46 heavy (non-hydrogen) atoms. The molecule has 14 heteroatoms. The lowest BCUT2D eigenvalue weighted by molar-refractivity contribution is -0.147. The summed E-state index contributed by atoms with van der Waals surface area (Å²) in [5, 5.41) is 9.60. The van der Waals surface area contributed by atoms with E-state index in [1.54, 1.807) is 11.8 Å². The summed E-state index contributed by atoms with van der Waals surface area (Å²) in [7, 11) is 1.30. The molecule has 1 N–H and O–H groups in total. The summed E-state index contributed by atoms with van der Waals surface area (Å²) in [6.07, 6.45) is -10.3. The van der Waals surface area contributed by atoms with Gasteiger partial charge in [-0.1, -0.05) is 6.07 Å². The Kier molecular flexibility index (Phi) is 10.4. The standard InChI is InChI=1S/C32H36F7N3O4/c1-18-12-24(33)4-5-25(18)27-17-42(29(45)21-6-9-41(10-7-21)28(44)19(2)43)11-8-26(27)30(46)40(3)16-20-13-22(31(34,35)36)15-23(14-20)32(37,38)39/h4-5,12-15,19,21,26-27,43H,6-11,16-17H2,1-3H3. The molecule has 2 aliphatic heterocycles. The quantitative estimate of drug-likeness (QED) is 0.423. The molecule has 2 aromatic carbocycles. The number of carbonyl (C=O) groups excluding carboxylic acids is 3. The minimum Gasteiger partial charge on any atom is -0.384 e. The molecule has 7 nitrogen and oxygen atoms in total. The van der Waals surface area contributed by atoms with Crippen LogP contribution in [0.2, 0.25) is 0 Å². The monoisotopic (exact) mass is 659 g/mol. The average molecular weight is 660 g/mol. The van der Waals surface area contributed by atoms with Gasteiger partial charge in [-0.05, 0) is 80.1 Å². The zero-order chi connectivity index (χ0) is 34.1. The van der Waals surface area contributed by atoms with E-state index in [0.29, 0.717) is 49.2 Å². The molecule has 2 aliphatic rings. The van der Waals surface area contributed by atoms with E-state index in [9.17, 15) is 50.2 Å². The van der Waals surface area contributed by atoms with E-state index in [2.05, 4.69) is 0 Å². The van der Waals surface area contributed by atoms with Crippen LogP contribution in [0.3, 0.4) is 0 Å². The van der Waals surface area contributed by atoms with Crippen LogP contribution in [0.4, 0.5) is 30.7 Å². The van der Waals surface area contributed by atoms with Gasteiger partial charge in [-0.2, -0.15) is 26.3 Å². The molecule has 3 unspecified atom stereocenters. The van der Waals surface area contributed by atoms with Crippen LogP contribution in [0.15, 0.2) is 36.4 Å². The molecule has 0 spiro atoms. The van der Waals surface area contributed by atoms with E-state index in [-0.39, 0.29) is 37.0 Å². The molecule has 3 amide bonds.